The number of nitrogens with zero attached hydrogens (tertiary/aromatic N) is 2. The average Bonchev–Trinajstić information content (AvgIpc) is 2.72. The van der Waals surface area contributed by atoms with Gasteiger partial charge in [-0.25, -0.2) is 4.79 Å². The summed E-state index contributed by atoms with van der Waals surface area (Å²) in [5, 5.41) is 0. The van der Waals surface area contributed by atoms with Gasteiger partial charge >= 0.3 is 5.97 Å². The Hall–Kier alpha value is -2.10. The van der Waals surface area contributed by atoms with Crippen LogP contribution in [0.1, 0.15) is 10.4 Å². The fourth-order valence-corrected chi connectivity index (χ4v) is 1.01. The van der Waals surface area contributed by atoms with Crippen LogP contribution in [0.5, 0.6) is 0 Å². The number of rotatable bonds is 2. The number of carbonyl (C=O) groups excluding carboxylic acids is 1. The minimum atomic E-state index is -0.422. The van der Waals surface area contributed by atoms with E-state index in [4.69, 9.17) is 4.84 Å². The molecular weight excluding hydrogens is 180 g/mol. The van der Waals surface area contributed by atoms with Gasteiger partial charge in [0.2, 0.25) is 0 Å². The maximum absolute atomic E-state index is 11.4. The number of hydrogen-bond donors (Lipinski definition) is 0. The molecule has 0 amide bonds. The van der Waals surface area contributed by atoms with Gasteiger partial charge in [0.25, 0.3) is 0 Å². The topological polar surface area (TPSA) is 44.1 Å². The lowest BCUT2D eigenvalue weighted by molar-refractivity contribution is 0.0462. The van der Waals surface area contributed by atoms with Crippen molar-refractivity contribution in [3.8, 4) is 0 Å². The first-order valence-electron chi connectivity index (χ1n) is 4.12. The highest BCUT2D eigenvalue weighted by Gasteiger charge is 2.06. The van der Waals surface area contributed by atoms with Gasteiger partial charge in [-0.2, -0.15) is 4.73 Å². The molecule has 4 heteroatoms. The van der Waals surface area contributed by atoms with Gasteiger partial charge in [-0.15, -0.1) is 0 Å². The normalized spacial score (nSPS) is 9.71. The van der Waals surface area contributed by atoms with Crippen molar-refractivity contribution in [1.29, 1.82) is 0 Å². The van der Waals surface area contributed by atoms with E-state index < -0.39 is 5.97 Å². The van der Waals surface area contributed by atoms with E-state index in [1.807, 2.05) is 0 Å². The maximum atomic E-state index is 11.4. The van der Waals surface area contributed by atoms with Crippen LogP contribution >= 0.6 is 0 Å². The van der Waals surface area contributed by atoms with Gasteiger partial charge < -0.3 is 4.84 Å². The van der Waals surface area contributed by atoms with Crippen LogP contribution in [-0.2, 0) is 0 Å². The van der Waals surface area contributed by atoms with Crippen LogP contribution in [0.15, 0.2) is 49.1 Å². The zero-order valence-electron chi connectivity index (χ0n) is 7.33. The fourth-order valence-electron chi connectivity index (χ4n) is 1.01. The highest BCUT2D eigenvalue weighted by molar-refractivity contribution is 5.89. The lowest BCUT2D eigenvalue weighted by atomic mass is 10.3. The van der Waals surface area contributed by atoms with Crippen molar-refractivity contribution in [1.82, 2.24) is 9.71 Å². The highest BCUT2D eigenvalue weighted by atomic mass is 16.7. The molecule has 0 saturated heterocycles. The SMILES string of the molecule is O=C(On1cccc1)c1cccnc1. The largest absolute Gasteiger partial charge is 0.365 e. The Bertz CT molecular complexity index is 409. The molecule has 0 aliphatic rings. The molecular formula is C10H8N2O2. The number of carbonyl (C=O) groups is 1. The molecule has 0 atom stereocenters. The zero-order chi connectivity index (χ0) is 9.80. The van der Waals surface area contributed by atoms with Gasteiger partial charge in [0, 0.05) is 24.8 Å². The number of hydrogen-bond acceptors (Lipinski definition) is 3. The average molecular weight is 188 g/mol. The second kappa shape index (κ2) is 3.74. The molecule has 0 spiro atoms. The lowest BCUT2D eigenvalue weighted by Crippen LogP contribution is -2.18. The molecule has 0 fully saturated rings. The Labute approximate surface area is 80.7 Å². The predicted molar refractivity (Wildman–Crippen MR) is 49.6 cm³/mol. The Morgan fingerprint density at radius 3 is 2.71 bits per heavy atom. The molecule has 0 N–H and O–H groups in total. The van der Waals surface area contributed by atoms with E-state index in [-0.39, 0.29) is 0 Å². The van der Waals surface area contributed by atoms with Crippen LogP contribution in [0.2, 0.25) is 0 Å². The van der Waals surface area contributed by atoms with E-state index >= 15 is 0 Å². The summed E-state index contributed by atoms with van der Waals surface area (Å²) >= 11 is 0. The first-order chi connectivity index (χ1) is 6.86. The van der Waals surface area contributed by atoms with Crippen molar-refractivity contribution in [3.63, 3.8) is 0 Å². The standard InChI is InChI=1S/C10H8N2O2/c13-10(9-4-3-5-11-8-9)14-12-6-1-2-7-12/h1-8H. The Balaban J connectivity index is 2.11. The lowest BCUT2D eigenvalue weighted by Gasteiger charge is -2.02. The summed E-state index contributed by atoms with van der Waals surface area (Å²) in [6.45, 7) is 0. The van der Waals surface area contributed by atoms with Crippen LogP contribution in [-0.4, -0.2) is 15.7 Å². The summed E-state index contributed by atoms with van der Waals surface area (Å²) in [6, 6.07) is 6.89. The molecule has 4 nitrogen and oxygen atoms in total. The molecule has 0 aliphatic carbocycles. The molecule has 0 aliphatic heterocycles. The third-order valence-electron chi connectivity index (χ3n) is 1.66. The van der Waals surface area contributed by atoms with Crippen molar-refractivity contribution in [2.75, 3.05) is 0 Å². The molecule has 2 rings (SSSR count). The molecule has 2 aromatic rings. The molecule has 0 radical (unpaired) electrons. The van der Waals surface area contributed by atoms with Crippen LogP contribution in [0, 0.1) is 0 Å². The summed E-state index contributed by atoms with van der Waals surface area (Å²) in [4.78, 5) is 20.2. The van der Waals surface area contributed by atoms with E-state index in [2.05, 4.69) is 4.98 Å². The van der Waals surface area contributed by atoms with Crippen LogP contribution < -0.4 is 4.84 Å². The van der Waals surface area contributed by atoms with Crippen molar-refractivity contribution in [2.45, 2.75) is 0 Å². The van der Waals surface area contributed by atoms with Gasteiger partial charge in [0.15, 0.2) is 0 Å². The summed E-state index contributed by atoms with van der Waals surface area (Å²) in [6.07, 6.45) is 6.36. The molecule has 2 aromatic heterocycles. The van der Waals surface area contributed by atoms with Crippen molar-refractivity contribution >= 4 is 5.97 Å². The molecule has 14 heavy (non-hydrogen) atoms. The van der Waals surface area contributed by atoms with Gasteiger partial charge in [-0.1, -0.05) is 0 Å². The molecule has 70 valence electrons. The Kier molecular flexibility index (Phi) is 2.27. The van der Waals surface area contributed by atoms with Crippen LogP contribution in [0.25, 0.3) is 0 Å². The third kappa shape index (κ3) is 1.80. The smallest absolute Gasteiger partial charge is 0.332 e. The third-order valence-corrected chi connectivity index (χ3v) is 1.66. The predicted octanol–water partition coefficient (Wildman–Crippen LogP) is 1.15. The molecule has 0 aromatic carbocycles. The van der Waals surface area contributed by atoms with Crippen LogP contribution in [0.3, 0.4) is 0 Å². The molecule has 0 unspecified atom stereocenters. The van der Waals surface area contributed by atoms with Gasteiger partial charge in [-0.3, -0.25) is 4.98 Å². The maximum Gasteiger partial charge on any atom is 0.365 e. The summed E-state index contributed by atoms with van der Waals surface area (Å²) in [5.74, 6) is -0.422. The van der Waals surface area contributed by atoms with Gasteiger partial charge in [-0.05, 0) is 24.3 Å². The second-order valence-electron chi connectivity index (χ2n) is 2.66. The highest BCUT2D eigenvalue weighted by Crippen LogP contribution is 1.97. The monoisotopic (exact) mass is 188 g/mol. The summed E-state index contributed by atoms with van der Waals surface area (Å²) in [5.41, 5.74) is 0.432. The quantitative estimate of drug-likeness (QED) is 0.710. The Morgan fingerprint density at radius 2 is 2.07 bits per heavy atom. The van der Waals surface area contributed by atoms with Gasteiger partial charge in [0.1, 0.15) is 0 Å². The van der Waals surface area contributed by atoms with Crippen molar-refractivity contribution < 1.29 is 9.63 Å². The van der Waals surface area contributed by atoms with Crippen molar-refractivity contribution in [3.05, 3.63) is 54.6 Å². The van der Waals surface area contributed by atoms with E-state index in [9.17, 15) is 4.79 Å². The number of aromatic nitrogens is 2. The summed E-state index contributed by atoms with van der Waals surface area (Å²) < 4.78 is 1.34. The first kappa shape index (κ1) is 8.50. The van der Waals surface area contributed by atoms with Crippen molar-refractivity contribution in [2.24, 2.45) is 0 Å². The number of pyridine rings is 1. The fraction of sp³-hybridized carbons (Fsp3) is 0. The minimum Gasteiger partial charge on any atom is -0.332 e. The summed E-state index contributed by atoms with van der Waals surface area (Å²) in [7, 11) is 0. The van der Waals surface area contributed by atoms with E-state index in [1.54, 1.807) is 42.9 Å². The molecule has 0 saturated carbocycles. The zero-order valence-corrected chi connectivity index (χ0v) is 7.33. The van der Waals surface area contributed by atoms with E-state index in [0.717, 1.165) is 0 Å². The second-order valence-corrected chi connectivity index (χ2v) is 2.66. The van der Waals surface area contributed by atoms with Crippen LogP contribution in [0.4, 0.5) is 0 Å². The van der Waals surface area contributed by atoms with E-state index in [1.165, 1.54) is 10.9 Å². The van der Waals surface area contributed by atoms with Gasteiger partial charge in [0.05, 0.1) is 5.56 Å². The minimum absolute atomic E-state index is 0.422. The van der Waals surface area contributed by atoms with E-state index in [0.29, 0.717) is 5.56 Å². The molecule has 2 heterocycles. The molecule has 0 bridgehead atoms. The Morgan fingerprint density at radius 1 is 1.29 bits per heavy atom. The first-order valence-corrected chi connectivity index (χ1v) is 4.12.